The highest BCUT2D eigenvalue weighted by Crippen LogP contribution is 2.18. The Hall–Kier alpha value is -2.41. The first-order valence-corrected chi connectivity index (χ1v) is 9.13. The van der Waals surface area contributed by atoms with Gasteiger partial charge in [0.2, 0.25) is 10.0 Å². The molecule has 2 aromatic rings. The summed E-state index contributed by atoms with van der Waals surface area (Å²) in [6.45, 7) is 1.80. The number of hydrogen-bond acceptors (Lipinski definition) is 3. The van der Waals surface area contributed by atoms with Gasteiger partial charge in [-0.1, -0.05) is 12.1 Å². The summed E-state index contributed by atoms with van der Waals surface area (Å²) in [5, 5.41) is 2.82. The molecule has 2 rings (SSSR count). The van der Waals surface area contributed by atoms with Gasteiger partial charge in [0.25, 0.3) is 5.91 Å². The zero-order valence-corrected chi connectivity index (χ0v) is 14.5. The largest absolute Gasteiger partial charge is 0.346 e. The lowest BCUT2D eigenvalue weighted by atomic mass is 10.1. The van der Waals surface area contributed by atoms with Crippen LogP contribution in [0.15, 0.2) is 48.5 Å². The molecule has 0 bridgehead atoms. The summed E-state index contributed by atoms with van der Waals surface area (Å²) in [7, 11) is -1.90. The fourth-order valence-electron chi connectivity index (χ4n) is 2.13. The number of halogens is 1. The van der Waals surface area contributed by atoms with E-state index in [1.54, 1.807) is 43.3 Å². The number of hydrogen-bond donors (Lipinski definition) is 1. The third-order valence-electron chi connectivity index (χ3n) is 3.71. The van der Waals surface area contributed by atoms with Crippen molar-refractivity contribution >= 4 is 21.6 Å². The number of carbonyl (C=O) groups excluding carboxylic acids is 1. The monoisotopic (exact) mass is 350 g/mol. The number of sulfonamides is 1. The Labute approximate surface area is 141 Å². The molecule has 0 fully saturated rings. The Balaban J connectivity index is 2.09. The van der Waals surface area contributed by atoms with Crippen molar-refractivity contribution in [1.82, 2.24) is 5.32 Å². The fraction of sp³-hybridized carbons (Fsp3) is 0.235. The van der Waals surface area contributed by atoms with Gasteiger partial charge in [-0.2, -0.15) is 0 Å². The highest BCUT2D eigenvalue weighted by molar-refractivity contribution is 7.92. The van der Waals surface area contributed by atoms with Crippen molar-refractivity contribution < 1.29 is 17.6 Å². The highest BCUT2D eigenvalue weighted by Gasteiger charge is 2.14. The van der Waals surface area contributed by atoms with Crippen molar-refractivity contribution in [3.05, 3.63) is 65.5 Å². The predicted octanol–water partition coefficient (Wildman–Crippen LogP) is 2.71. The van der Waals surface area contributed by atoms with Crippen LogP contribution in [0.25, 0.3) is 0 Å². The Bertz CT molecular complexity index is 818. The van der Waals surface area contributed by atoms with Crippen molar-refractivity contribution in [2.24, 2.45) is 0 Å². The van der Waals surface area contributed by atoms with Gasteiger partial charge < -0.3 is 5.32 Å². The molecule has 1 atom stereocenters. The summed E-state index contributed by atoms with van der Waals surface area (Å²) >= 11 is 0. The van der Waals surface area contributed by atoms with Crippen LogP contribution in [0.5, 0.6) is 0 Å². The van der Waals surface area contributed by atoms with Crippen LogP contribution < -0.4 is 9.62 Å². The van der Waals surface area contributed by atoms with Gasteiger partial charge in [0.1, 0.15) is 5.82 Å². The van der Waals surface area contributed by atoms with E-state index in [0.29, 0.717) is 11.3 Å². The van der Waals surface area contributed by atoms with Crippen LogP contribution in [0.3, 0.4) is 0 Å². The molecule has 128 valence electrons. The Morgan fingerprint density at radius 2 is 1.62 bits per heavy atom. The summed E-state index contributed by atoms with van der Waals surface area (Å²) < 4.78 is 37.1. The number of amides is 1. The number of carbonyl (C=O) groups is 1. The summed E-state index contributed by atoms with van der Waals surface area (Å²) in [6, 6.07) is 11.9. The van der Waals surface area contributed by atoms with Gasteiger partial charge in [-0.3, -0.25) is 9.10 Å². The van der Waals surface area contributed by atoms with E-state index in [1.807, 2.05) is 0 Å². The number of nitrogens with one attached hydrogen (secondary N) is 1. The lowest BCUT2D eigenvalue weighted by Crippen LogP contribution is -2.27. The average Bonchev–Trinajstić information content (AvgIpc) is 2.54. The maximum absolute atomic E-state index is 12.9. The van der Waals surface area contributed by atoms with Crippen molar-refractivity contribution in [3.8, 4) is 0 Å². The molecule has 0 heterocycles. The van der Waals surface area contributed by atoms with Crippen LogP contribution in [0.1, 0.15) is 28.9 Å². The van der Waals surface area contributed by atoms with Gasteiger partial charge in [-0.05, 0) is 48.9 Å². The summed E-state index contributed by atoms with van der Waals surface area (Å²) in [5.41, 5.74) is 1.67. The molecule has 24 heavy (non-hydrogen) atoms. The maximum Gasteiger partial charge on any atom is 0.251 e. The van der Waals surface area contributed by atoms with Gasteiger partial charge in [-0.15, -0.1) is 0 Å². The van der Waals surface area contributed by atoms with Crippen LogP contribution >= 0.6 is 0 Å². The van der Waals surface area contributed by atoms with Gasteiger partial charge in [0.15, 0.2) is 0 Å². The molecular weight excluding hydrogens is 331 g/mol. The maximum atomic E-state index is 12.9. The topological polar surface area (TPSA) is 66.5 Å². The normalized spacial score (nSPS) is 12.5. The van der Waals surface area contributed by atoms with Gasteiger partial charge >= 0.3 is 0 Å². The van der Waals surface area contributed by atoms with Crippen LogP contribution in [0.2, 0.25) is 0 Å². The van der Waals surface area contributed by atoms with E-state index in [9.17, 15) is 17.6 Å². The lowest BCUT2D eigenvalue weighted by molar-refractivity contribution is 0.0940. The molecule has 1 N–H and O–H groups in total. The number of anilines is 1. The number of nitrogens with zero attached hydrogens (tertiary/aromatic N) is 1. The molecule has 0 radical (unpaired) electrons. The Kier molecular flexibility index (Phi) is 5.23. The molecule has 0 aliphatic rings. The molecule has 0 spiro atoms. The van der Waals surface area contributed by atoms with Gasteiger partial charge in [-0.25, -0.2) is 12.8 Å². The average molecular weight is 350 g/mol. The predicted molar refractivity (Wildman–Crippen MR) is 92.0 cm³/mol. The molecule has 0 aliphatic carbocycles. The second kappa shape index (κ2) is 7.00. The number of rotatable bonds is 5. The molecule has 0 saturated heterocycles. The van der Waals surface area contributed by atoms with Gasteiger partial charge in [0.05, 0.1) is 18.0 Å². The fourth-order valence-corrected chi connectivity index (χ4v) is 2.63. The SMILES string of the molecule is CC(NC(=O)c1ccc(N(C)S(C)(=O)=O)cc1)c1ccc(F)cc1. The Morgan fingerprint density at radius 3 is 2.12 bits per heavy atom. The first-order valence-electron chi connectivity index (χ1n) is 7.29. The quantitative estimate of drug-likeness (QED) is 0.902. The van der Waals surface area contributed by atoms with Crippen LogP contribution in [0, 0.1) is 5.82 Å². The second-order valence-corrected chi connectivity index (χ2v) is 7.54. The van der Waals surface area contributed by atoms with E-state index in [1.165, 1.54) is 19.2 Å². The van der Waals surface area contributed by atoms with Gasteiger partial charge in [0, 0.05) is 12.6 Å². The third kappa shape index (κ3) is 4.32. The van der Waals surface area contributed by atoms with E-state index in [-0.39, 0.29) is 17.8 Å². The molecule has 5 nitrogen and oxygen atoms in total. The summed E-state index contributed by atoms with van der Waals surface area (Å²) in [6.07, 6.45) is 1.11. The van der Waals surface area contributed by atoms with E-state index in [2.05, 4.69) is 5.32 Å². The minimum atomic E-state index is -3.35. The van der Waals surface area contributed by atoms with Crippen molar-refractivity contribution in [2.75, 3.05) is 17.6 Å². The van der Waals surface area contributed by atoms with Crippen molar-refractivity contribution in [1.29, 1.82) is 0 Å². The van der Waals surface area contributed by atoms with Crippen LogP contribution in [-0.2, 0) is 10.0 Å². The first-order chi connectivity index (χ1) is 11.2. The summed E-state index contributed by atoms with van der Waals surface area (Å²) in [5.74, 6) is -0.622. The number of benzene rings is 2. The molecule has 7 heteroatoms. The molecule has 2 aromatic carbocycles. The molecule has 0 saturated carbocycles. The van der Waals surface area contributed by atoms with E-state index >= 15 is 0 Å². The minimum Gasteiger partial charge on any atom is -0.346 e. The molecule has 0 aromatic heterocycles. The third-order valence-corrected chi connectivity index (χ3v) is 4.91. The molecule has 0 aliphatic heterocycles. The van der Waals surface area contributed by atoms with Crippen LogP contribution in [0.4, 0.5) is 10.1 Å². The zero-order valence-electron chi connectivity index (χ0n) is 13.7. The molecule has 1 unspecified atom stereocenters. The first kappa shape index (κ1) is 17.9. The van der Waals surface area contributed by atoms with E-state index in [4.69, 9.17) is 0 Å². The van der Waals surface area contributed by atoms with Crippen molar-refractivity contribution in [2.45, 2.75) is 13.0 Å². The minimum absolute atomic E-state index is 0.281. The van der Waals surface area contributed by atoms with Crippen LogP contribution in [-0.4, -0.2) is 27.6 Å². The lowest BCUT2D eigenvalue weighted by Gasteiger charge is -2.17. The summed E-state index contributed by atoms with van der Waals surface area (Å²) in [4.78, 5) is 12.3. The smallest absolute Gasteiger partial charge is 0.251 e. The second-order valence-electron chi connectivity index (χ2n) is 5.52. The standard InChI is InChI=1S/C17H19FN2O3S/c1-12(13-4-8-15(18)9-5-13)19-17(21)14-6-10-16(11-7-14)20(2)24(3,22)23/h4-12H,1-3H3,(H,19,21). The van der Waals surface area contributed by atoms with Crippen molar-refractivity contribution in [3.63, 3.8) is 0 Å². The Morgan fingerprint density at radius 1 is 1.08 bits per heavy atom. The van der Waals surface area contributed by atoms with E-state index < -0.39 is 10.0 Å². The highest BCUT2D eigenvalue weighted by atomic mass is 32.2. The molecular formula is C17H19FN2O3S. The zero-order chi connectivity index (χ0) is 17.9. The molecule has 1 amide bonds. The van der Waals surface area contributed by atoms with E-state index in [0.717, 1.165) is 16.1 Å².